The standard InChI is InChI=1S/C20H26Cl2N8/c21-14-1-2-15(22)13(9-14)11-30-8-7-26-18(24)17(30)10-16(23)20-27-19(28-29-20)12-3-5-25-6-4-12/h1-2,9-10,12,25,29H,3-8,11,23H2,(H2,24,26)(H,27,28). The maximum absolute atomic E-state index is 6.37. The third-order valence-corrected chi connectivity index (χ3v) is 6.06. The van der Waals surface area contributed by atoms with E-state index in [-0.39, 0.29) is 0 Å². The monoisotopic (exact) mass is 448 g/mol. The van der Waals surface area contributed by atoms with E-state index in [0.717, 1.165) is 43.0 Å². The maximum Gasteiger partial charge on any atom is 0.169 e. The Bertz CT molecular complexity index is 931. The van der Waals surface area contributed by atoms with Crippen LogP contribution in [0.3, 0.4) is 0 Å². The average molecular weight is 449 g/mol. The van der Waals surface area contributed by atoms with Crippen molar-refractivity contribution in [1.29, 1.82) is 0 Å². The number of aliphatic imine (C=N–C) groups is 2. The Balaban J connectivity index is 1.58. The highest BCUT2D eigenvalue weighted by molar-refractivity contribution is 6.33. The minimum atomic E-state index is 0.402. The van der Waals surface area contributed by atoms with Crippen LogP contribution in [0, 0.1) is 5.92 Å². The molecule has 1 aromatic carbocycles. The molecule has 3 heterocycles. The van der Waals surface area contributed by atoms with Gasteiger partial charge >= 0.3 is 0 Å². The molecule has 1 fully saturated rings. The average Bonchev–Trinajstić information content (AvgIpc) is 3.24. The zero-order valence-corrected chi connectivity index (χ0v) is 18.1. The lowest BCUT2D eigenvalue weighted by Crippen LogP contribution is -2.39. The third-order valence-electron chi connectivity index (χ3n) is 5.46. The molecule has 0 aromatic heterocycles. The smallest absolute Gasteiger partial charge is 0.169 e. The molecule has 30 heavy (non-hydrogen) atoms. The largest absolute Gasteiger partial charge is 0.396 e. The van der Waals surface area contributed by atoms with E-state index >= 15 is 0 Å². The van der Waals surface area contributed by atoms with E-state index < -0.39 is 0 Å². The number of hydrogen-bond donors (Lipinski definition) is 5. The van der Waals surface area contributed by atoms with Crippen molar-refractivity contribution < 1.29 is 0 Å². The number of benzene rings is 1. The summed E-state index contributed by atoms with van der Waals surface area (Å²) < 4.78 is 0. The Kier molecular flexibility index (Phi) is 6.36. The highest BCUT2D eigenvalue weighted by atomic mass is 35.5. The van der Waals surface area contributed by atoms with Crippen LogP contribution in [0.4, 0.5) is 0 Å². The van der Waals surface area contributed by atoms with Crippen molar-refractivity contribution >= 4 is 34.9 Å². The highest BCUT2D eigenvalue weighted by Gasteiger charge is 2.24. The fourth-order valence-corrected chi connectivity index (χ4v) is 4.17. The summed E-state index contributed by atoms with van der Waals surface area (Å²) in [6.07, 6.45) is 3.92. The van der Waals surface area contributed by atoms with Crippen molar-refractivity contribution in [3.8, 4) is 0 Å². The first-order chi connectivity index (χ1) is 14.5. The predicted molar refractivity (Wildman–Crippen MR) is 122 cm³/mol. The number of nitrogens with two attached hydrogens (primary N) is 2. The topological polar surface area (TPSA) is 116 Å². The Hall–Kier alpha value is -2.42. The molecule has 3 aliphatic rings. The van der Waals surface area contributed by atoms with E-state index in [1.807, 2.05) is 12.1 Å². The summed E-state index contributed by atoms with van der Waals surface area (Å²) in [6.45, 7) is 3.86. The van der Waals surface area contributed by atoms with Crippen LogP contribution in [0.25, 0.3) is 0 Å². The SMILES string of the molecule is NC1=NCCN(Cc2cc(Cl)ccc2Cl)C1=CC(N)=C1N=C(C2CCNCC2)NN1. The number of hydrazine groups is 1. The number of allylic oxidation sites excluding steroid dienone is 1. The normalized spacial score (nSPS) is 23.0. The molecule has 0 unspecified atom stereocenters. The van der Waals surface area contributed by atoms with Gasteiger partial charge in [-0.3, -0.25) is 15.8 Å². The molecule has 7 N–H and O–H groups in total. The Labute approximate surface area is 186 Å². The van der Waals surface area contributed by atoms with Crippen molar-refractivity contribution in [2.75, 3.05) is 26.2 Å². The molecule has 3 aliphatic heterocycles. The van der Waals surface area contributed by atoms with Gasteiger partial charge in [0.1, 0.15) is 11.7 Å². The number of amidine groups is 2. The van der Waals surface area contributed by atoms with Crippen molar-refractivity contribution in [1.82, 2.24) is 21.1 Å². The number of hydrogen-bond acceptors (Lipinski definition) is 8. The van der Waals surface area contributed by atoms with Crippen LogP contribution in [-0.4, -0.2) is 42.8 Å². The summed E-state index contributed by atoms with van der Waals surface area (Å²) in [7, 11) is 0. The van der Waals surface area contributed by atoms with Crippen LogP contribution < -0.4 is 27.6 Å². The fraction of sp³-hybridized carbons (Fsp3) is 0.400. The minimum absolute atomic E-state index is 0.402. The lowest BCUT2D eigenvalue weighted by Gasteiger charge is -2.30. The summed E-state index contributed by atoms with van der Waals surface area (Å²) >= 11 is 12.5. The van der Waals surface area contributed by atoms with Crippen LogP contribution in [-0.2, 0) is 6.54 Å². The second kappa shape index (κ2) is 9.16. The summed E-state index contributed by atoms with van der Waals surface area (Å²) in [5.41, 5.74) is 21.0. The number of halogens is 2. The quantitative estimate of drug-likeness (QED) is 0.478. The highest BCUT2D eigenvalue weighted by Crippen LogP contribution is 2.25. The first-order valence-corrected chi connectivity index (χ1v) is 10.8. The zero-order valence-electron chi connectivity index (χ0n) is 16.6. The lowest BCUT2D eigenvalue weighted by molar-refractivity contribution is 0.352. The van der Waals surface area contributed by atoms with Gasteiger partial charge in [-0.1, -0.05) is 23.2 Å². The van der Waals surface area contributed by atoms with Gasteiger partial charge in [0, 0.05) is 29.1 Å². The molecule has 1 aromatic rings. The number of piperidine rings is 1. The van der Waals surface area contributed by atoms with Gasteiger partial charge in [0.2, 0.25) is 0 Å². The van der Waals surface area contributed by atoms with E-state index in [0.29, 0.717) is 53.0 Å². The molecule has 0 spiro atoms. The van der Waals surface area contributed by atoms with Gasteiger partial charge in [-0.2, -0.15) is 0 Å². The molecule has 0 atom stereocenters. The summed E-state index contributed by atoms with van der Waals surface area (Å²) in [6, 6.07) is 5.43. The molecule has 0 aliphatic carbocycles. The lowest BCUT2D eigenvalue weighted by atomic mass is 9.97. The molecular formula is C20H26Cl2N8. The second-order valence-corrected chi connectivity index (χ2v) is 8.37. The molecule has 160 valence electrons. The Morgan fingerprint density at radius 3 is 2.83 bits per heavy atom. The van der Waals surface area contributed by atoms with Gasteiger partial charge in [-0.25, -0.2) is 4.99 Å². The first kappa shape index (κ1) is 20.8. The predicted octanol–water partition coefficient (Wildman–Crippen LogP) is 1.68. The zero-order chi connectivity index (χ0) is 21.1. The van der Waals surface area contributed by atoms with E-state index in [2.05, 4.69) is 31.1 Å². The minimum Gasteiger partial charge on any atom is -0.396 e. The number of nitrogens with one attached hydrogen (secondary N) is 3. The molecule has 0 radical (unpaired) electrons. The van der Waals surface area contributed by atoms with E-state index in [1.165, 1.54) is 0 Å². The van der Waals surface area contributed by atoms with Gasteiger partial charge < -0.3 is 21.7 Å². The Morgan fingerprint density at radius 1 is 1.23 bits per heavy atom. The molecule has 0 saturated carbocycles. The molecular weight excluding hydrogens is 423 g/mol. The third kappa shape index (κ3) is 4.66. The molecule has 0 bridgehead atoms. The maximum atomic E-state index is 6.37. The first-order valence-electron chi connectivity index (χ1n) is 10.0. The molecule has 0 amide bonds. The summed E-state index contributed by atoms with van der Waals surface area (Å²) in [4.78, 5) is 11.2. The summed E-state index contributed by atoms with van der Waals surface area (Å²) in [5.74, 6) is 2.37. The molecule has 1 saturated heterocycles. The van der Waals surface area contributed by atoms with Crippen LogP contribution in [0.15, 0.2) is 51.5 Å². The second-order valence-electron chi connectivity index (χ2n) is 7.53. The van der Waals surface area contributed by atoms with Crippen molar-refractivity contribution in [3.05, 3.63) is 57.1 Å². The van der Waals surface area contributed by atoms with Crippen LogP contribution in [0.2, 0.25) is 10.0 Å². The van der Waals surface area contributed by atoms with Crippen molar-refractivity contribution in [3.63, 3.8) is 0 Å². The van der Waals surface area contributed by atoms with Crippen molar-refractivity contribution in [2.24, 2.45) is 27.4 Å². The van der Waals surface area contributed by atoms with Crippen LogP contribution in [0.1, 0.15) is 18.4 Å². The van der Waals surface area contributed by atoms with Gasteiger partial charge in [-0.05, 0) is 55.8 Å². The molecule has 10 heteroatoms. The Morgan fingerprint density at radius 2 is 2.03 bits per heavy atom. The summed E-state index contributed by atoms with van der Waals surface area (Å²) in [5, 5.41) is 4.66. The van der Waals surface area contributed by atoms with Gasteiger partial charge in [0.15, 0.2) is 5.82 Å². The van der Waals surface area contributed by atoms with E-state index in [1.54, 1.807) is 12.1 Å². The van der Waals surface area contributed by atoms with Gasteiger partial charge in [-0.15, -0.1) is 0 Å². The van der Waals surface area contributed by atoms with Crippen LogP contribution >= 0.6 is 23.2 Å². The number of nitrogens with zero attached hydrogens (tertiary/aromatic N) is 3. The van der Waals surface area contributed by atoms with E-state index in [4.69, 9.17) is 34.7 Å². The van der Waals surface area contributed by atoms with Crippen molar-refractivity contribution in [2.45, 2.75) is 19.4 Å². The van der Waals surface area contributed by atoms with Gasteiger partial charge in [0.25, 0.3) is 0 Å². The van der Waals surface area contributed by atoms with Crippen LogP contribution in [0.5, 0.6) is 0 Å². The fourth-order valence-electron chi connectivity index (χ4n) is 3.79. The van der Waals surface area contributed by atoms with Gasteiger partial charge in [0.05, 0.1) is 17.9 Å². The molecule has 8 nitrogen and oxygen atoms in total. The van der Waals surface area contributed by atoms with E-state index in [9.17, 15) is 0 Å². The number of rotatable bonds is 4. The molecule has 4 rings (SSSR count).